The Labute approximate surface area is 113 Å². The van der Waals surface area contributed by atoms with Gasteiger partial charge in [0.05, 0.1) is 4.83 Å². The molecule has 1 unspecified atom stereocenters. The third kappa shape index (κ3) is 5.66. The van der Waals surface area contributed by atoms with Crippen LogP contribution in [0.1, 0.15) is 75.4 Å². The number of aromatic nitrogens is 2. The van der Waals surface area contributed by atoms with E-state index in [1.165, 1.54) is 32.1 Å². The fourth-order valence-corrected chi connectivity index (χ4v) is 1.91. The second kappa shape index (κ2) is 8.67. The predicted octanol–water partition coefficient (Wildman–Crippen LogP) is 4.82. The number of alkyl halides is 1. The SMILES string of the molecule is CCCCCCCCc1nnc(C(Br)CC)o1. The van der Waals surface area contributed by atoms with Crippen LogP contribution in [-0.2, 0) is 6.42 Å². The molecule has 4 heteroatoms. The van der Waals surface area contributed by atoms with E-state index in [1.54, 1.807) is 0 Å². The van der Waals surface area contributed by atoms with E-state index in [2.05, 4.69) is 40.0 Å². The van der Waals surface area contributed by atoms with Crippen molar-refractivity contribution in [3.63, 3.8) is 0 Å². The Kier molecular flexibility index (Phi) is 7.49. The fourth-order valence-electron chi connectivity index (χ4n) is 1.73. The van der Waals surface area contributed by atoms with Gasteiger partial charge in [-0.2, -0.15) is 0 Å². The number of rotatable bonds is 9. The number of hydrogen-bond donors (Lipinski definition) is 0. The van der Waals surface area contributed by atoms with Crippen LogP contribution in [0.3, 0.4) is 0 Å². The van der Waals surface area contributed by atoms with E-state index in [9.17, 15) is 0 Å². The first kappa shape index (κ1) is 14.7. The van der Waals surface area contributed by atoms with E-state index in [-0.39, 0.29) is 4.83 Å². The van der Waals surface area contributed by atoms with Crippen molar-refractivity contribution in [3.05, 3.63) is 11.8 Å². The summed E-state index contributed by atoms with van der Waals surface area (Å²) in [5.74, 6) is 1.50. The van der Waals surface area contributed by atoms with Crippen LogP contribution in [0.2, 0.25) is 0 Å². The van der Waals surface area contributed by atoms with Gasteiger partial charge in [0, 0.05) is 6.42 Å². The van der Waals surface area contributed by atoms with Gasteiger partial charge in [0.1, 0.15) is 0 Å². The van der Waals surface area contributed by atoms with Gasteiger partial charge < -0.3 is 4.42 Å². The number of aryl methyl sites for hydroxylation is 1. The van der Waals surface area contributed by atoms with Crippen LogP contribution in [0.4, 0.5) is 0 Å². The first-order valence-electron chi connectivity index (χ1n) is 6.74. The molecule has 0 saturated carbocycles. The summed E-state index contributed by atoms with van der Waals surface area (Å²) in [5.41, 5.74) is 0. The summed E-state index contributed by atoms with van der Waals surface area (Å²) in [5, 5.41) is 8.12. The van der Waals surface area contributed by atoms with Gasteiger partial charge in [-0.05, 0) is 12.8 Å². The molecule has 0 N–H and O–H groups in total. The Bertz CT molecular complexity index is 301. The van der Waals surface area contributed by atoms with Crippen LogP contribution in [0.25, 0.3) is 0 Å². The lowest BCUT2D eigenvalue weighted by atomic mass is 10.1. The van der Waals surface area contributed by atoms with Crippen LogP contribution in [0, 0.1) is 0 Å². The number of nitrogens with zero attached hydrogens (tertiary/aromatic N) is 2. The van der Waals surface area contributed by atoms with Crippen LogP contribution in [0.5, 0.6) is 0 Å². The van der Waals surface area contributed by atoms with Gasteiger partial charge in [-0.15, -0.1) is 10.2 Å². The van der Waals surface area contributed by atoms with Crippen molar-refractivity contribution in [2.45, 2.75) is 70.0 Å². The normalized spacial score (nSPS) is 12.9. The standard InChI is InChI=1S/C13H23BrN2O/c1-3-5-6-7-8-9-10-12-15-16-13(17-12)11(14)4-2/h11H,3-10H2,1-2H3. The monoisotopic (exact) mass is 302 g/mol. The van der Waals surface area contributed by atoms with E-state index in [0.29, 0.717) is 5.89 Å². The molecule has 0 bridgehead atoms. The summed E-state index contributed by atoms with van der Waals surface area (Å²) < 4.78 is 5.59. The fraction of sp³-hybridized carbons (Fsp3) is 0.846. The first-order valence-corrected chi connectivity index (χ1v) is 7.65. The maximum atomic E-state index is 5.59. The van der Waals surface area contributed by atoms with E-state index in [0.717, 1.165) is 25.2 Å². The van der Waals surface area contributed by atoms with Gasteiger partial charge in [0.25, 0.3) is 0 Å². The predicted molar refractivity (Wildman–Crippen MR) is 73.3 cm³/mol. The first-order chi connectivity index (χ1) is 8.27. The summed E-state index contributed by atoms with van der Waals surface area (Å²) in [6.45, 7) is 4.33. The van der Waals surface area contributed by atoms with E-state index < -0.39 is 0 Å². The highest BCUT2D eigenvalue weighted by Crippen LogP contribution is 2.24. The Hall–Kier alpha value is -0.380. The molecule has 0 amide bonds. The van der Waals surface area contributed by atoms with Gasteiger partial charge in [-0.25, -0.2) is 0 Å². The molecule has 1 heterocycles. The van der Waals surface area contributed by atoms with Crippen LogP contribution in [-0.4, -0.2) is 10.2 Å². The Morgan fingerprint density at radius 1 is 1.06 bits per heavy atom. The molecule has 1 aromatic heterocycles. The Morgan fingerprint density at radius 2 is 1.76 bits per heavy atom. The van der Waals surface area contributed by atoms with E-state index >= 15 is 0 Å². The van der Waals surface area contributed by atoms with Crippen LogP contribution < -0.4 is 0 Å². The highest BCUT2D eigenvalue weighted by molar-refractivity contribution is 9.09. The van der Waals surface area contributed by atoms with Crippen LogP contribution >= 0.6 is 15.9 Å². The molecule has 1 atom stereocenters. The summed E-state index contributed by atoms with van der Waals surface area (Å²) in [6, 6.07) is 0. The molecule has 98 valence electrons. The van der Waals surface area contributed by atoms with E-state index in [1.807, 2.05) is 0 Å². The quantitative estimate of drug-likeness (QED) is 0.485. The molecule has 3 nitrogen and oxygen atoms in total. The third-order valence-corrected chi connectivity index (χ3v) is 3.89. The topological polar surface area (TPSA) is 38.9 Å². The van der Waals surface area contributed by atoms with Crippen LogP contribution in [0.15, 0.2) is 4.42 Å². The number of unbranched alkanes of at least 4 members (excludes halogenated alkanes) is 5. The second-order valence-electron chi connectivity index (χ2n) is 4.43. The summed E-state index contributed by atoms with van der Waals surface area (Å²) in [4.78, 5) is 0.202. The minimum absolute atomic E-state index is 0.202. The van der Waals surface area contributed by atoms with Gasteiger partial charge >= 0.3 is 0 Å². The van der Waals surface area contributed by atoms with Gasteiger partial charge in [-0.3, -0.25) is 0 Å². The highest BCUT2D eigenvalue weighted by atomic mass is 79.9. The molecule has 17 heavy (non-hydrogen) atoms. The van der Waals surface area contributed by atoms with Gasteiger partial charge in [-0.1, -0.05) is 61.9 Å². The molecule has 0 fully saturated rings. The number of halogens is 1. The molecule has 0 radical (unpaired) electrons. The minimum atomic E-state index is 0.202. The molecule has 0 aliphatic carbocycles. The van der Waals surface area contributed by atoms with Crippen molar-refractivity contribution in [2.75, 3.05) is 0 Å². The summed E-state index contributed by atoms with van der Waals surface area (Å²) in [7, 11) is 0. The second-order valence-corrected chi connectivity index (χ2v) is 5.53. The lowest BCUT2D eigenvalue weighted by molar-refractivity contribution is 0.437. The van der Waals surface area contributed by atoms with Gasteiger partial charge in [0.15, 0.2) is 0 Å². The molecule has 0 aromatic carbocycles. The number of hydrogen-bond acceptors (Lipinski definition) is 3. The van der Waals surface area contributed by atoms with Crippen molar-refractivity contribution in [1.29, 1.82) is 0 Å². The molecule has 0 spiro atoms. The smallest absolute Gasteiger partial charge is 0.230 e. The lowest BCUT2D eigenvalue weighted by Crippen LogP contribution is -1.86. The van der Waals surface area contributed by atoms with Crippen molar-refractivity contribution >= 4 is 15.9 Å². The van der Waals surface area contributed by atoms with E-state index in [4.69, 9.17) is 4.42 Å². The largest absolute Gasteiger partial charge is 0.424 e. The molecule has 0 aliphatic rings. The van der Waals surface area contributed by atoms with Crippen molar-refractivity contribution < 1.29 is 4.42 Å². The van der Waals surface area contributed by atoms with Crippen molar-refractivity contribution in [1.82, 2.24) is 10.2 Å². The molecule has 0 saturated heterocycles. The molecular weight excluding hydrogens is 280 g/mol. The zero-order valence-electron chi connectivity index (χ0n) is 10.9. The average Bonchev–Trinajstić information content (AvgIpc) is 2.81. The van der Waals surface area contributed by atoms with Gasteiger partial charge in [0.2, 0.25) is 11.8 Å². The maximum Gasteiger partial charge on any atom is 0.230 e. The zero-order chi connectivity index (χ0) is 12.5. The molecule has 0 aliphatic heterocycles. The summed E-state index contributed by atoms with van der Waals surface area (Å²) >= 11 is 3.51. The molecular formula is C13H23BrN2O. The lowest BCUT2D eigenvalue weighted by Gasteiger charge is -1.99. The minimum Gasteiger partial charge on any atom is -0.424 e. The Balaban J connectivity index is 2.16. The Morgan fingerprint density at radius 3 is 2.47 bits per heavy atom. The van der Waals surface area contributed by atoms with Crippen molar-refractivity contribution in [2.24, 2.45) is 0 Å². The average molecular weight is 303 g/mol. The zero-order valence-corrected chi connectivity index (χ0v) is 12.5. The third-order valence-electron chi connectivity index (χ3n) is 2.85. The summed E-state index contributed by atoms with van der Waals surface area (Å²) in [6.07, 6.45) is 9.65. The highest BCUT2D eigenvalue weighted by Gasteiger charge is 2.12. The molecule has 1 rings (SSSR count). The maximum absolute atomic E-state index is 5.59. The van der Waals surface area contributed by atoms with Crippen molar-refractivity contribution in [3.8, 4) is 0 Å². The molecule has 1 aromatic rings.